The minimum absolute atomic E-state index is 0.0140. The average Bonchev–Trinajstić information content (AvgIpc) is 0.746. The molecule has 35 nitrogen and oxygen atoms in total. The lowest BCUT2D eigenvalue weighted by Crippen LogP contribution is -2.64. The van der Waals surface area contributed by atoms with Crippen molar-refractivity contribution in [2.24, 2.45) is 53.1 Å². The number of hydrogen-bond acceptors (Lipinski definition) is 29. The number of urea groups is 1. The van der Waals surface area contributed by atoms with Gasteiger partial charge in [-0.2, -0.15) is 0 Å². The number of ketones is 3. The number of likely N-dealkylation sites (N-methyl/N-ethyl adjacent to an activating group) is 2. The highest BCUT2D eigenvalue weighted by Crippen LogP contribution is 2.59. The summed E-state index contributed by atoms with van der Waals surface area (Å²) in [7, 11) is 3.42. The van der Waals surface area contributed by atoms with Gasteiger partial charge in [-0.25, -0.2) is 4.79 Å². The summed E-state index contributed by atoms with van der Waals surface area (Å²) in [6, 6.07) is 10.3. The van der Waals surface area contributed by atoms with Crippen molar-refractivity contribution in [3.63, 3.8) is 0 Å². The lowest BCUT2D eigenvalue weighted by molar-refractivity contribution is -0.333. The number of imide groups is 1. The van der Waals surface area contributed by atoms with E-state index in [9.17, 15) is 55.5 Å². The number of carbonyl (C=O) groups excluding carboxylic acids is 9. The normalized spacial score (nSPS) is 29.7. The van der Waals surface area contributed by atoms with E-state index in [-0.39, 0.29) is 123 Å². The van der Waals surface area contributed by atoms with E-state index in [1.807, 2.05) is 13.8 Å². The van der Waals surface area contributed by atoms with Gasteiger partial charge in [0.25, 0.3) is 0 Å². The van der Waals surface area contributed by atoms with Crippen LogP contribution in [0.25, 0.3) is 11.1 Å². The number of fused-ring (bicyclic) bond motifs is 15. The molecule has 4 aliphatic carbocycles. The van der Waals surface area contributed by atoms with E-state index in [1.54, 1.807) is 27.1 Å². The fraction of sp³-hybridized carbons (Fsp3) is 0.516. The number of anilines is 1. The fourth-order valence-corrected chi connectivity index (χ4v) is 20.1. The molecule has 18 atom stereocenters. The number of nitrogens with two attached hydrogens (primary N) is 1. The summed E-state index contributed by atoms with van der Waals surface area (Å²) in [5.74, 6) is -16.2. The second-order valence-electron chi connectivity index (χ2n) is 36.1. The third-order valence-electron chi connectivity index (χ3n) is 26.2. The summed E-state index contributed by atoms with van der Waals surface area (Å²) >= 11 is 14.6. The van der Waals surface area contributed by atoms with Gasteiger partial charge in [-0.15, -0.1) is 0 Å². The number of phenolic OH excluding ortho intramolecular Hbond substituents is 3. The van der Waals surface area contributed by atoms with Crippen molar-refractivity contribution in [3.8, 4) is 68.6 Å². The van der Waals surface area contributed by atoms with Gasteiger partial charge in [0.1, 0.15) is 108 Å². The van der Waals surface area contributed by atoms with E-state index in [0.717, 1.165) is 68.5 Å². The first kappa shape index (κ1) is 95.7. The zero-order valence-electron chi connectivity index (χ0n) is 72.8. The molecule has 130 heavy (non-hydrogen) atoms. The van der Waals surface area contributed by atoms with Crippen molar-refractivity contribution in [3.05, 3.63) is 135 Å². The summed E-state index contributed by atoms with van der Waals surface area (Å²) in [5.41, 5.74) is 3.48. The fourth-order valence-electron chi connectivity index (χ4n) is 19.7. The van der Waals surface area contributed by atoms with E-state index in [2.05, 4.69) is 42.5 Å². The molecule has 15 bridgehead atoms. The van der Waals surface area contributed by atoms with Crippen LogP contribution in [0, 0.1) is 47.3 Å². The number of ether oxygens (including phenoxy) is 8. The van der Waals surface area contributed by atoms with Crippen LogP contribution in [-0.2, 0) is 52.6 Å². The van der Waals surface area contributed by atoms with Crippen molar-refractivity contribution in [2.45, 2.75) is 209 Å². The molecule has 17 rings (SSSR count). The topological polar surface area (TPSA) is 532 Å². The molecule has 6 aromatic rings. The number of hydrogen-bond donors (Lipinski definition) is 18. The first-order valence-electron chi connectivity index (χ1n) is 44.0. The minimum Gasteiger partial charge on any atom is -0.508 e. The van der Waals surface area contributed by atoms with Crippen LogP contribution in [0.2, 0.25) is 10.0 Å². The molecular weight excluding hydrogens is 1730 g/mol. The highest BCUT2D eigenvalue weighted by Gasteiger charge is 2.53. The van der Waals surface area contributed by atoms with E-state index in [4.69, 9.17) is 66.8 Å². The molecule has 4 saturated carbocycles. The molecule has 0 unspecified atom stereocenters. The lowest BCUT2D eigenvalue weighted by atomic mass is 9.51. The maximum absolute atomic E-state index is 16.9. The number of aliphatic hydroxyl groups excluding tert-OH is 6. The molecule has 6 fully saturated rings. The highest BCUT2D eigenvalue weighted by molar-refractivity contribution is 6.32. The largest absolute Gasteiger partial charge is 0.508 e. The molecule has 19 N–H and O–H groups in total. The van der Waals surface area contributed by atoms with Crippen molar-refractivity contribution in [1.29, 1.82) is 0 Å². The number of aromatic hydroxyl groups is 3. The standard InChI is InChI=1S/C93H113Cl2N9O26/c1-8-45(21-41(2)3)87(118)103-78-64(109)30-52(33-73(112)100-92(122)99-61-36-54(123-19-17-97-6)12-16-69(61)124-20-18-98-7)88(119)101-76-51-31-70(126-67-14-10-47(80(78)113)28-59(67)94)84(130-91-85(83(116)82(115)72(40-105)128-91)129-74-39-93(5,96)86(117)42(4)125-74)71(32-51)127-68-15-11-48(29-60(68)95)81(114)79-90(121)102-77(66(111)37-55-49-23-43-22-44(25-49)26-50(55)24-43)58-34-53(106)35-63(108)75(58)57-27-46(9-13-62(57)107)56(38-65(76)110)89(120)104-79/h9-16,27-29,31-32,34-36,41-45,49-50,52,55-56,72,74,76-83,85-86,91,97-98,105-108,113-117H,8,17-26,30,33,37-40,96H2,1-7H3,(H,101,119)(H,102,121)(H,103,118)(H,104,120)(H2,99,100,112,122)/t42-,43?,44?,45+,49?,50?,52-,55?,56+,72+,74-,76+,77-,78-,79-,80+,81+,82+,83-,85+,86+,91-,93-/m0/s1. The Morgan fingerprint density at radius 1 is 0.677 bits per heavy atom. The average molecular weight is 1840 g/mol. The van der Waals surface area contributed by atoms with Gasteiger partial charge in [0.05, 0.1) is 46.4 Å². The number of rotatable bonds is 24. The maximum atomic E-state index is 16.9. The molecule has 700 valence electrons. The van der Waals surface area contributed by atoms with Crippen LogP contribution >= 0.6 is 23.2 Å². The van der Waals surface area contributed by atoms with Crippen LogP contribution in [-0.4, -0.2) is 213 Å². The molecule has 7 amide bonds. The smallest absolute Gasteiger partial charge is 0.325 e. The van der Waals surface area contributed by atoms with Gasteiger partial charge in [-0.1, -0.05) is 62.2 Å². The van der Waals surface area contributed by atoms with Gasteiger partial charge in [0.2, 0.25) is 41.6 Å². The number of Topliss-reactive ketones (excluding diaryl/α,β-unsaturated/α-hetero) is 3. The van der Waals surface area contributed by atoms with Crippen LogP contribution < -0.4 is 72.0 Å². The number of nitrogens with one attached hydrogen (secondary N) is 8. The SMILES string of the molecule is CC[C@H](CC(C)C)C(=O)N[C@H]1C(=O)C[C@@H](CC(=O)NC(=O)Nc2cc(OCCNC)ccc2OCCNC)C(=O)N[C@H]2C(=O)C[C@H]3C(=O)N[C@H](C(=O)N[C@H](C(=O)CC4C5CC6CC(C5)CC4C6)c4cc(O)cc(O)c4-c4cc3ccc4O)[C@H](O)c3ccc(c(Cl)c3)Oc3cc2cc(c3O[C@@H]2O[C@H](CO)[C@@H](O)[C@H](O)[C@H]2O[C@H]2C[C@](C)(N)[C@H](O)[C@H](C)O2)Oc2ccc(cc2Cl)[C@H]1O. The number of halogens is 2. The number of carbonyl (C=O) groups is 9. The van der Waals surface area contributed by atoms with Crippen molar-refractivity contribution >= 4 is 81.8 Å². The predicted octanol–water partition coefficient (Wildman–Crippen LogP) is 7.53. The number of amides is 7. The molecule has 6 aromatic carbocycles. The van der Waals surface area contributed by atoms with Crippen LogP contribution in [0.1, 0.15) is 170 Å². The Morgan fingerprint density at radius 3 is 1.95 bits per heavy atom. The molecule has 2 saturated heterocycles. The lowest BCUT2D eigenvalue weighted by Gasteiger charge is -2.54. The van der Waals surface area contributed by atoms with E-state index in [0.29, 0.717) is 31.3 Å². The van der Waals surface area contributed by atoms with Gasteiger partial charge < -0.3 is 127 Å². The Balaban J connectivity index is 0.957. The summed E-state index contributed by atoms with van der Waals surface area (Å²) < 4.78 is 51.2. The number of aliphatic hydroxyl groups is 6. The van der Waals surface area contributed by atoms with Crippen molar-refractivity contribution in [1.82, 2.24) is 37.2 Å². The van der Waals surface area contributed by atoms with E-state index in [1.165, 1.54) is 68.4 Å². The Labute approximate surface area is 759 Å². The summed E-state index contributed by atoms with van der Waals surface area (Å²) in [5, 5.41) is 129. The van der Waals surface area contributed by atoms with Gasteiger partial charge >= 0.3 is 6.03 Å². The van der Waals surface area contributed by atoms with Crippen LogP contribution in [0.15, 0.2) is 97.1 Å². The third kappa shape index (κ3) is 21.2. The summed E-state index contributed by atoms with van der Waals surface area (Å²) in [6.07, 6.45) is -15.9. The maximum Gasteiger partial charge on any atom is 0.325 e. The molecule has 7 aliphatic heterocycles. The van der Waals surface area contributed by atoms with E-state index >= 15 is 33.6 Å². The zero-order chi connectivity index (χ0) is 93.2. The van der Waals surface area contributed by atoms with Gasteiger partial charge in [0.15, 0.2) is 41.2 Å². The number of benzene rings is 6. The molecule has 0 radical (unpaired) electrons. The molecule has 0 aromatic heterocycles. The third-order valence-corrected chi connectivity index (χ3v) is 26.8. The first-order chi connectivity index (χ1) is 62.0. The second-order valence-corrected chi connectivity index (χ2v) is 36.9. The Hall–Kier alpha value is -10.4. The summed E-state index contributed by atoms with van der Waals surface area (Å²) in [4.78, 5) is 141. The summed E-state index contributed by atoms with van der Waals surface area (Å²) in [6.45, 7) is 8.65. The number of phenols is 3. The van der Waals surface area contributed by atoms with Crippen LogP contribution in [0.3, 0.4) is 0 Å². The molecule has 37 heteroatoms. The molecule has 11 aliphatic rings. The zero-order valence-corrected chi connectivity index (χ0v) is 74.3. The minimum atomic E-state index is -2.29. The Bertz CT molecular complexity index is 5230. The van der Waals surface area contributed by atoms with E-state index < -0.39 is 233 Å². The van der Waals surface area contributed by atoms with Crippen LogP contribution in [0.4, 0.5) is 10.5 Å². The van der Waals surface area contributed by atoms with Gasteiger partial charge in [-0.05, 0) is 203 Å². The Morgan fingerprint density at radius 2 is 1.32 bits per heavy atom. The Kier molecular flexibility index (Phi) is 30.0. The quantitative estimate of drug-likeness (QED) is 0.0260. The molecule has 7 heterocycles. The van der Waals surface area contributed by atoms with Gasteiger partial charge in [-0.3, -0.25) is 43.7 Å². The monoisotopic (exact) mass is 1840 g/mol. The predicted molar refractivity (Wildman–Crippen MR) is 469 cm³/mol. The highest BCUT2D eigenvalue weighted by atomic mass is 35.5. The molecule has 0 spiro atoms. The first-order valence-corrected chi connectivity index (χ1v) is 44.8. The van der Waals surface area contributed by atoms with Crippen LogP contribution in [0.5, 0.6) is 57.5 Å². The molecular formula is C93H113Cl2N9O26. The van der Waals surface area contributed by atoms with Crippen molar-refractivity contribution < 1.29 is 127 Å². The van der Waals surface area contributed by atoms with Gasteiger partial charge in [0, 0.05) is 79.9 Å². The van der Waals surface area contributed by atoms with Crippen molar-refractivity contribution in [2.75, 3.05) is 52.3 Å². The second kappa shape index (κ2) is 40.8.